The lowest BCUT2D eigenvalue weighted by molar-refractivity contribution is 0.539. The molecule has 0 unspecified atom stereocenters. The van der Waals surface area contributed by atoms with E-state index in [9.17, 15) is 0 Å². The Morgan fingerprint density at radius 2 is 0.444 bits per heavy atom. The van der Waals surface area contributed by atoms with Gasteiger partial charge in [0.05, 0.1) is 0 Å². The van der Waals surface area contributed by atoms with Gasteiger partial charge in [0, 0.05) is 0 Å². The third-order valence-corrected chi connectivity index (χ3v) is 5.04. The topological polar surface area (TPSA) is 0 Å². The maximum Gasteiger partial charge on any atom is -0.000473 e. The Morgan fingerprint density at radius 1 is 0.278 bits per heavy atom. The summed E-state index contributed by atoms with van der Waals surface area (Å²) in [7, 11) is 0. The fraction of sp³-hybridized carbons (Fsp3) is 1.00. The van der Waals surface area contributed by atoms with Gasteiger partial charge in [-0.2, -0.15) is 0 Å². The molecule has 0 aliphatic rings. The lowest BCUT2D eigenvalue weighted by atomic mass is 10.0. The van der Waals surface area contributed by atoms with Gasteiger partial charge in [0.15, 0.2) is 0 Å². The van der Waals surface area contributed by atoms with Crippen molar-refractivity contribution in [1.82, 2.24) is 0 Å². The average molecular weight is 478 g/mol. The smallest absolute Gasteiger partial charge is 0.000473 e. The Kier molecular flexibility index (Phi) is 20.0. The lowest BCUT2D eigenvalue weighted by Gasteiger charge is -2.02. The van der Waals surface area contributed by atoms with Crippen LogP contribution in [0.25, 0.3) is 0 Å². The van der Waals surface area contributed by atoms with E-state index in [2.05, 4.69) is 45.2 Å². The summed E-state index contributed by atoms with van der Waals surface area (Å²) in [6, 6.07) is 0. The molecule has 0 bridgehead atoms. The highest BCUT2D eigenvalue weighted by atomic mass is 127. The van der Waals surface area contributed by atoms with E-state index >= 15 is 0 Å². The van der Waals surface area contributed by atoms with E-state index in [1.165, 1.54) is 98.7 Å². The summed E-state index contributed by atoms with van der Waals surface area (Å²) < 4.78 is 2.69. The van der Waals surface area contributed by atoms with Crippen LogP contribution in [0.1, 0.15) is 89.9 Å². The van der Waals surface area contributed by atoms with E-state index < -0.39 is 0 Å². The van der Waals surface area contributed by atoms with Gasteiger partial charge in [-0.25, -0.2) is 0 Å². The first kappa shape index (κ1) is 19.5. The maximum absolute atomic E-state index is 2.48. The average Bonchev–Trinajstić information content (AvgIpc) is 2.39. The fourth-order valence-electron chi connectivity index (χ4n) is 2.31. The van der Waals surface area contributed by atoms with Crippen molar-refractivity contribution in [2.75, 3.05) is 8.86 Å². The molecule has 0 rings (SSSR count). The maximum atomic E-state index is 2.48. The molecule has 0 atom stereocenters. The Labute approximate surface area is 143 Å². The van der Waals surface area contributed by atoms with E-state index in [-0.39, 0.29) is 0 Å². The van der Waals surface area contributed by atoms with Crippen LogP contribution in [0.4, 0.5) is 0 Å². The summed E-state index contributed by atoms with van der Waals surface area (Å²) in [5.74, 6) is 0. The second kappa shape index (κ2) is 18.5. The van der Waals surface area contributed by atoms with Gasteiger partial charge < -0.3 is 0 Å². The fourth-order valence-corrected chi connectivity index (χ4v) is 3.39. The Morgan fingerprint density at radius 3 is 0.611 bits per heavy atom. The molecule has 110 valence electrons. The molecule has 0 aromatic rings. The molecule has 0 aliphatic carbocycles. The number of alkyl halides is 2. The normalized spacial score (nSPS) is 11.0. The predicted molar refractivity (Wildman–Crippen MR) is 102 cm³/mol. The minimum absolute atomic E-state index is 1.34. The summed E-state index contributed by atoms with van der Waals surface area (Å²) in [6.07, 6.45) is 20.6. The largest absolute Gasteiger partial charge is 0.0864 e. The number of hydrogen-bond acceptors (Lipinski definition) is 0. The second-order valence-corrected chi connectivity index (χ2v) is 7.49. The van der Waals surface area contributed by atoms with Crippen LogP contribution in [0.3, 0.4) is 0 Å². The zero-order valence-corrected chi connectivity index (χ0v) is 16.4. The predicted octanol–water partition coefficient (Wildman–Crippen LogP) is 7.32. The summed E-state index contributed by atoms with van der Waals surface area (Å²) in [5.41, 5.74) is 0. The van der Waals surface area contributed by atoms with Gasteiger partial charge in [0.1, 0.15) is 0 Å². The molecule has 0 aliphatic heterocycles. The zero-order valence-electron chi connectivity index (χ0n) is 12.1. The number of rotatable bonds is 15. The quantitative estimate of drug-likeness (QED) is 0.132. The molecule has 0 aromatic heterocycles. The van der Waals surface area contributed by atoms with Crippen molar-refractivity contribution in [2.24, 2.45) is 0 Å². The van der Waals surface area contributed by atoms with Crippen molar-refractivity contribution in [3.8, 4) is 0 Å². The molecular weight excluding hydrogens is 446 g/mol. The molecule has 0 nitrogen and oxygen atoms in total. The summed E-state index contributed by atoms with van der Waals surface area (Å²) in [6.45, 7) is 0. The molecule has 0 N–H and O–H groups in total. The highest BCUT2D eigenvalue weighted by Gasteiger charge is 1.93. The molecule has 18 heavy (non-hydrogen) atoms. The lowest BCUT2D eigenvalue weighted by Crippen LogP contribution is -1.83. The Bertz CT molecular complexity index is 121. The monoisotopic (exact) mass is 478 g/mol. The first-order valence-electron chi connectivity index (χ1n) is 8.03. The number of halogens is 2. The molecule has 0 spiro atoms. The molecule has 0 fully saturated rings. The SMILES string of the molecule is ICCCCCCCCCCCCCCCCI. The van der Waals surface area contributed by atoms with Gasteiger partial charge in [-0.3, -0.25) is 0 Å². The van der Waals surface area contributed by atoms with Crippen LogP contribution < -0.4 is 0 Å². The molecular formula is C16H32I2. The standard InChI is InChI=1S/C16H32I2/c17-15-13-11-9-7-5-3-1-2-4-6-8-10-12-14-16-18/h1-16H2. The van der Waals surface area contributed by atoms with E-state index in [0.29, 0.717) is 0 Å². The van der Waals surface area contributed by atoms with Gasteiger partial charge in [-0.05, 0) is 21.7 Å². The summed E-state index contributed by atoms with van der Waals surface area (Å²) in [4.78, 5) is 0. The van der Waals surface area contributed by atoms with E-state index in [0.717, 1.165) is 0 Å². The van der Waals surface area contributed by atoms with Crippen molar-refractivity contribution >= 4 is 45.2 Å². The van der Waals surface area contributed by atoms with E-state index in [1.54, 1.807) is 0 Å². The van der Waals surface area contributed by atoms with Crippen LogP contribution in [0, 0.1) is 0 Å². The molecule has 2 heteroatoms. The third-order valence-electron chi connectivity index (χ3n) is 3.52. The highest BCUT2D eigenvalue weighted by molar-refractivity contribution is 14.1. The molecule has 0 radical (unpaired) electrons. The highest BCUT2D eigenvalue weighted by Crippen LogP contribution is 2.13. The van der Waals surface area contributed by atoms with Crippen molar-refractivity contribution in [1.29, 1.82) is 0 Å². The minimum Gasteiger partial charge on any atom is -0.0864 e. The van der Waals surface area contributed by atoms with Crippen molar-refractivity contribution < 1.29 is 0 Å². The molecule has 0 heterocycles. The van der Waals surface area contributed by atoms with Crippen molar-refractivity contribution in [3.05, 3.63) is 0 Å². The van der Waals surface area contributed by atoms with Crippen LogP contribution >= 0.6 is 45.2 Å². The zero-order chi connectivity index (χ0) is 13.3. The molecule has 0 aromatic carbocycles. The van der Waals surface area contributed by atoms with Gasteiger partial charge in [0.2, 0.25) is 0 Å². The molecule has 0 saturated heterocycles. The van der Waals surface area contributed by atoms with Gasteiger partial charge >= 0.3 is 0 Å². The summed E-state index contributed by atoms with van der Waals surface area (Å²) >= 11 is 4.97. The minimum atomic E-state index is 1.34. The van der Waals surface area contributed by atoms with Crippen LogP contribution in [0.5, 0.6) is 0 Å². The van der Waals surface area contributed by atoms with Crippen molar-refractivity contribution in [3.63, 3.8) is 0 Å². The van der Waals surface area contributed by atoms with Gasteiger partial charge in [-0.1, -0.05) is 122 Å². The van der Waals surface area contributed by atoms with Crippen LogP contribution in [-0.4, -0.2) is 8.86 Å². The molecule has 0 saturated carbocycles. The first-order chi connectivity index (χ1) is 8.91. The van der Waals surface area contributed by atoms with Crippen LogP contribution in [0.15, 0.2) is 0 Å². The van der Waals surface area contributed by atoms with Crippen LogP contribution in [0.2, 0.25) is 0 Å². The van der Waals surface area contributed by atoms with E-state index in [4.69, 9.17) is 0 Å². The summed E-state index contributed by atoms with van der Waals surface area (Å²) in [5, 5.41) is 0. The first-order valence-corrected chi connectivity index (χ1v) is 11.1. The third kappa shape index (κ3) is 17.5. The van der Waals surface area contributed by atoms with Gasteiger partial charge in [-0.15, -0.1) is 0 Å². The van der Waals surface area contributed by atoms with Crippen molar-refractivity contribution in [2.45, 2.75) is 89.9 Å². The van der Waals surface area contributed by atoms with Crippen LogP contribution in [-0.2, 0) is 0 Å². The molecule has 0 amide bonds. The Balaban J connectivity index is 2.86. The number of unbranched alkanes of at least 4 members (excludes halogenated alkanes) is 13. The number of hydrogen-bond donors (Lipinski definition) is 0. The second-order valence-electron chi connectivity index (χ2n) is 5.33. The van der Waals surface area contributed by atoms with E-state index in [1.807, 2.05) is 0 Å². The Hall–Kier alpha value is 1.46. The van der Waals surface area contributed by atoms with Gasteiger partial charge in [0.25, 0.3) is 0 Å².